The summed E-state index contributed by atoms with van der Waals surface area (Å²) in [4.78, 5) is 0. The van der Waals surface area contributed by atoms with Crippen molar-refractivity contribution in [3.05, 3.63) is 11.6 Å². The van der Waals surface area contributed by atoms with Gasteiger partial charge >= 0.3 is 0 Å². The van der Waals surface area contributed by atoms with Gasteiger partial charge in [-0.3, -0.25) is 0 Å². The van der Waals surface area contributed by atoms with Crippen molar-refractivity contribution in [2.24, 2.45) is 51.8 Å². The largest absolute Gasteiger partial charge is 0.393 e. The number of hydrogen-bond acceptors (Lipinski definition) is 1. The molecule has 0 heterocycles. The average Bonchev–Trinajstić information content (AvgIpc) is 2.96. The second-order valence-corrected chi connectivity index (χ2v) is 13.3. The molecule has 0 aromatic rings. The van der Waals surface area contributed by atoms with E-state index >= 15 is 0 Å². The molecule has 9 atom stereocenters. The van der Waals surface area contributed by atoms with Gasteiger partial charge in [-0.05, 0) is 96.7 Å². The van der Waals surface area contributed by atoms with Crippen LogP contribution in [0.3, 0.4) is 0 Å². The predicted molar refractivity (Wildman–Crippen MR) is 128 cm³/mol. The van der Waals surface area contributed by atoms with Crippen molar-refractivity contribution in [1.82, 2.24) is 0 Å². The Bertz CT molecular complexity index is 663. The number of hydrogen-bond donors (Lipinski definition) is 1. The van der Waals surface area contributed by atoms with Gasteiger partial charge in [0.25, 0.3) is 0 Å². The minimum Gasteiger partial charge on any atom is -0.393 e. The van der Waals surface area contributed by atoms with E-state index in [2.05, 4.69) is 54.5 Å². The molecule has 3 saturated carbocycles. The number of aliphatic hydroxyl groups is 1. The molecule has 172 valence electrons. The van der Waals surface area contributed by atoms with Crippen molar-refractivity contribution in [3.63, 3.8) is 0 Å². The summed E-state index contributed by atoms with van der Waals surface area (Å²) < 4.78 is 0. The summed E-state index contributed by atoms with van der Waals surface area (Å²) in [6, 6.07) is 0. The molecule has 4 rings (SSSR count). The van der Waals surface area contributed by atoms with Crippen LogP contribution in [0.4, 0.5) is 0 Å². The Morgan fingerprint density at radius 2 is 1.70 bits per heavy atom. The molecule has 4 aliphatic rings. The van der Waals surface area contributed by atoms with Crippen LogP contribution in [0.15, 0.2) is 11.6 Å². The third-order valence-corrected chi connectivity index (χ3v) is 11.6. The Morgan fingerprint density at radius 3 is 2.40 bits per heavy atom. The number of fused-ring (bicyclic) bond motifs is 5. The van der Waals surface area contributed by atoms with Gasteiger partial charge in [0.15, 0.2) is 0 Å². The standard InChI is InChI=1S/C29H50O/c1-19(2)9-8-10-20(3)22-13-17-29(7)25-12-11-23-21(4)26(30)15-16-27(23,5)24(25)14-18-28(22,29)6/h14,19-23,25-26,30H,8-13,15-18H2,1-7H3/t20-,21+,22-,23?,25?,26+,27+,28-,29+/m1/s1. The van der Waals surface area contributed by atoms with Crippen molar-refractivity contribution < 1.29 is 5.11 Å². The van der Waals surface area contributed by atoms with Crippen LogP contribution in [-0.2, 0) is 0 Å². The molecule has 0 aliphatic heterocycles. The third kappa shape index (κ3) is 3.27. The highest BCUT2D eigenvalue weighted by molar-refractivity contribution is 5.32. The number of rotatable bonds is 5. The summed E-state index contributed by atoms with van der Waals surface area (Å²) in [5.74, 6) is 4.53. The summed E-state index contributed by atoms with van der Waals surface area (Å²) in [5.41, 5.74) is 3.11. The van der Waals surface area contributed by atoms with E-state index in [9.17, 15) is 5.11 Å². The van der Waals surface area contributed by atoms with Crippen LogP contribution in [0.5, 0.6) is 0 Å². The lowest BCUT2D eigenvalue weighted by molar-refractivity contribution is -0.0780. The van der Waals surface area contributed by atoms with Gasteiger partial charge in [0.05, 0.1) is 6.10 Å². The van der Waals surface area contributed by atoms with E-state index in [-0.39, 0.29) is 6.10 Å². The third-order valence-electron chi connectivity index (χ3n) is 11.6. The van der Waals surface area contributed by atoms with Crippen LogP contribution < -0.4 is 0 Å². The van der Waals surface area contributed by atoms with Gasteiger partial charge in [-0.2, -0.15) is 0 Å². The monoisotopic (exact) mass is 414 g/mol. The molecule has 0 radical (unpaired) electrons. The number of aliphatic hydroxyl groups excluding tert-OH is 1. The van der Waals surface area contributed by atoms with Gasteiger partial charge in [0, 0.05) is 0 Å². The molecule has 0 aromatic carbocycles. The molecule has 1 N–H and O–H groups in total. The summed E-state index contributed by atoms with van der Waals surface area (Å²) in [7, 11) is 0. The Morgan fingerprint density at radius 1 is 0.967 bits per heavy atom. The first-order chi connectivity index (χ1) is 14.0. The molecule has 3 fully saturated rings. The fourth-order valence-corrected chi connectivity index (χ4v) is 9.34. The lowest BCUT2D eigenvalue weighted by Crippen LogP contribution is -2.55. The van der Waals surface area contributed by atoms with Gasteiger partial charge in [0.2, 0.25) is 0 Å². The summed E-state index contributed by atoms with van der Waals surface area (Å²) in [6.45, 7) is 17.6. The first kappa shape index (κ1) is 22.9. The zero-order valence-corrected chi connectivity index (χ0v) is 21.1. The van der Waals surface area contributed by atoms with Crippen LogP contribution in [0.2, 0.25) is 0 Å². The Kier molecular flexibility index (Phi) is 6.05. The molecule has 0 amide bonds. The van der Waals surface area contributed by atoms with Crippen molar-refractivity contribution >= 4 is 0 Å². The van der Waals surface area contributed by atoms with Gasteiger partial charge in [-0.25, -0.2) is 0 Å². The second-order valence-electron chi connectivity index (χ2n) is 13.3. The molecular formula is C29H50O. The number of allylic oxidation sites excluding steroid dienone is 2. The van der Waals surface area contributed by atoms with Crippen LogP contribution in [0.1, 0.15) is 113 Å². The zero-order valence-electron chi connectivity index (χ0n) is 21.1. The van der Waals surface area contributed by atoms with Crippen molar-refractivity contribution in [2.45, 2.75) is 119 Å². The molecule has 30 heavy (non-hydrogen) atoms. The van der Waals surface area contributed by atoms with E-state index < -0.39 is 0 Å². The van der Waals surface area contributed by atoms with Crippen molar-refractivity contribution in [3.8, 4) is 0 Å². The van der Waals surface area contributed by atoms with E-state index in [1.165, 1.54) is 57.8 Å². The van der Waals surface area contributed by atoms with Gasteiger partial charge in [0.1, 0.15) is 0 Å². The quantitative estimate of drug-likeness (QED) is 0.451. The fraction of sp³-hybridized carbons (Fsp3) is 0.931. The van der Waals surface area contributed by atoms with Crippen LogP contribution in [0.25, 0.3) is 0 Å². The molecule has 1 heteroatoms. The molecule has 0 bridgehead atoms. The highest BCUT2D eigenvalue weighted by Gasteiger charge is 2.63. The summed E-state index contributed by atoms with van der Waals surface area (Å²) >= 11 is 0. The SMILES string of the molecule is CC(C)CCC[C@@H](C)[C@H]1CC[C@@]2(C)C3CCC4[C@H](C)[C@@H](O)CC[C@]4(C)C3=CC[C@]12C. The first-order valence-corrected chi connectivity index (χ1v) is 13.4. The second kappa shape index (κ2) is 7.93. The van der Waals surface area contributed by atoms with Gasteiger partial charge < -0.3 is 5.11 Å². The zero-order chi connectivity index (χ0) is 21.9. The van der Waals surface area contributed by atoms with E-state index in [1.807, 2.05) is 5.57 Å². The van der Waals surface area contributed by atoms with Crippen LogP contribution in [-0.4, -0.2) is 11.2 Å². The van der Waals surface area contributed by atoms with Crippen molar-refractivity contribution in [1.29, 1.82) is 0 Å². The van der Waals surface area contributed by atoms with E-state index in [1.54, 1.807) is 0 Å². The molecule has 2 unspecified atom stereocenters. The van der Waals surface area contributed by atoms with E-state index in [4.69, 9.17) is 0 Å². The maximum absolute atomic E-state index is 10.6. The minimum atomic E-state index is -0.0767. The highest BCUT2D eigenvalue weighted by atomic mass is 16.3. The molecule has 0 spiro atoms. The maximum atomic E-state index is 10.6. The molecule has 0 aromatic heterocycles. The normalized spacial score (nSPS) is 49.2. The van der Waals surface area contributed by atoms with Gasteiger partial charge in [-0.15, -0.1) is 0 Å². The van der Waals surface area contributed by atoms with Crippen LogP contribution in [0, 0.1) is 51.8 Å². The summed E-state index contributed by atoms with van der Waals surface area (Å²) in [6.07, 6.45) is 16.0. The Balaban J connectivity index is 1.59. The first-order valence-electron chi connectivity index (χ1n) is 13.4. The lowest BCUT2D eigenvalue weighted by atomic mass is 9.43. The predicted octanol–water partition coefficient (Wildman–Crippen LogP) is 8.02. The lowest BCUT2D eigenvalue weighted by Gasteiger charge is -2.62. The maximum Gasteiger partial charge on any atom is 0.0569 e. The Labute approximate surface area is 187 Å². The molecule has 0 saturated heterocycles. The highest BCUT2D eigenvalue weighted by Crippen LogP contribution is 2.72. The summed E-state index contributed by atoms with van der Waals surface area (Å²) in [5, 5.41) is 10.6. The molecular weight excluding hydrogens is 364 g/mol. The van der Waals surface area contributed by atoms with Crippen LogP contribution >= 0.6 is 0 Å². The van der Waals surface area contributed by atoms with E-state index in [0.717, 1.165) is 30.1 Å². The average molecular weight is 415 g/mol. The minimum absolute atomic E-state index is 0.0767. The van der Waals surface area contributed by atoms with Crippen molar-refractivity contribution in [2.75, 3.05) is 0 Å². The Hall–Kier alpha value is -0.300. The smallest absolute Gasteiger partial charge is 0.0569 e. The topological polar surface area (TPSA) is 20.2 Å². The van der Waals surface area contributed by atoms with Gasteiger partial charge in [-0.1, -0.05) is 79.4 Å². The molecule has 4 aliphatic carbocycles. The van der Waals surface area contributed by atoms with E-state index in [0.29, 0.717) is 28.1 Å². The fourth-order valence-electron chi connectivity index (χ4n) is 9.34. The molecule has 1 nitrogen and oxygen atoms in total.